The molecule has 1 aromatic heterocycles. The van der Waals surface area contributed by atoms with Gasteiger partial charge >= 0.3 is 5.97 Å². The number of aromatic nitrogens is 1. The predicted molar refractivity (Wildman–Crippen MR) is 94.8 cm³/mol. The van der Waals surface area contributed by atoms with E-state index in [-0.39, 0.29) is 10.8 Å². The maximum Gasteiger partial charge on any atom is 0.315 e. The van der Waals surface area contributed by atoms with E-state index in [0.717, 1.165) is 5.56 Å². The van der Waals surface area contributed by atoms with Crippen molar-refractivity contribution in [3.05, 3.63) is 60.5 Å². The maximum absolute atomic E-state index is 11.4. The molecule has 3 N–H and O–H groups in total. The van der Waals surface area contributed by atoms with Crippen LogP contribution in [-0.2, 0) is 14.8 Å². The van der Waals surface area contributed by atoms with Crippen LogP contribution in [0.2, 0.25) is 0 Å². The molecule has 1 atom stereocenters. The highest BCUT2D eigenvalue weighted by Crippen LogP contribution is 2.35. The molecule has 0 amide bonds. The molecule has 0 aliphatic heterocycles. The molecule has 8 heteroatoms. The van der Waals surface area contributed by atoms with Crippen LogP contribution in [-0.4, -0.2) is 24.5 Å². The number of carbonyl (C=O) groups is 1. The van der Waals surface area contributed by atoms with Gasteiger partial charge in [0, 0.05) is 11.1 Å². The minimum absolute atomic E-state index is 0.0267. The van der Waals surface area contributed by atoms with Gasteiger partial charge in [0.15, 0.2) is 5.76 Å². The van der Waals surface area contributed by atoms with Crippen LogP contribution in [0.3, 0.4) is 0 Å². The number of oxazole rings is 1. The third-order valence-electron chi connectivity index (χ3n) is 3.88. The van der Waals surface area contributed by atoms with Crippen molar-refractivity contribution < 1.29 is 22.7 Å². The van der Waals surface area contributed by atoms with E-state index in [2.05, 4.69) is 4.98 Å². The number of nitrogens with zero attached hydrogens (tertiary/aromatic N) is 1. The fourth-order valence-corrected chi connectivity index (χ4v) is 2.93. The van der Waals surface area contributed by atoms with E-state index in [0.29, 0.717) is 17.0 Å². The van der Waals surface area contributed by atoms with Crippen molar-refractivity contribution in [2.24, 2.45) is 5.14 Å². The van der Waals surface area contributed by atoms with Crippen molar-refractivity contribution in [1.82, 2.24) is 4.98 Å². The van der Waals surface area contributed by atoms with E-state index >= 15 is 0 Å². The van der Waals surface area contributed by atoms with Crippen molar-refractivity contribution in [3.63, 3.8) is 0 Å². The van der Waals surface area contributed by atoms with Gasteiger partial charge in [-0.05, 0) is 31.2 Å². The second kappa shape index (κ2) is 6.74. The summed E-state index contributed by atoms with van der Waals surface area (Å²) in [4.78, 5) is 15.6. The summed E-state index contributed by atoms with van der Waals surface area (Å²) in [5, 5.41) is 14.3. The molecule has 2 aromatic carbocycles. The third-order valence-corrected chi connectivity index (χ3v) is 4.81. The molecule has 3 rings (SSSR count). The number of nitrogens with two attached hydrogens (primary N) is 1. The molecule has 0 bridgehead atoms. The van der Waals surface area contributed by atoms with Crippen LogP contribution in [0.5, 0.6) is 0 Å². The number of sulfonamides is 1. The molecule has 0 spiro atoms. The van der Waals surface area contributed by atoms with Crippen molar-refractivity contribution >= 4 is 16.0 Å². The average Bonchev–Trinajstić information content (AvgIpc) is 3.06. The highest BCUT2D eigenvalue weighted by molar-refractivity contribution is 7.89. The van der Waals surface area contributed by atoms with Crippen molar-refractivity contribution in [1.29, 1.82) is 0 Å². The van der Waals surface area contributed by atoms with Crippen LogP contribution >= 0.6 is 0 Å². The Morgan fingerprint density at radius 2 is 1.69 bits per heavy atom. The van der Waals surface area contributed by atoms with Crippen LogP contribution in [0, 0.1) is 0 Å². The lowest BCUT2D eigenvalue weighted by atomic mass is 10.1. The second-order valence-corrected chi connectivity index (χ2v) is 7.29. The topological polar surface area (TPSA) is 123 Å². The Morgan fingerprint density at radius 1 is 1.08 bits per heavy atom. The van der Waals surface area contributed by atoms with E-state index in [1.807, 2.05) is 30.3 Å². The normalized spacial score (nSPS) is 12.7. The van der Waals surface area contributed by atoms with Crippen molar-refractivity contribution in [2.75, 3.05) is 0 Å². The fraction of sp³-hybridized carbons (Fsp3) is 0.111. The first kappa shape index (κ1) is 17.8. The number of rotatable bonds is 5. The lowest BCUT2D eigenvalue weighted by Crippen LogP contribution is -2.11. The van der Waals surface area contributed by atoms with Gasteiger partial charge < -0.3 is 9.52 Å². The summed E-state index contributed by atoms with van der Waals surface area (Å²) in [7, 11) is -3.81. The summed E-state index contributed by atoms with van der Waals surface area (Å²) in [6.07, 6.45) is 0. The van der Waals surface area contributed by atoms with Gasteiger partial charge in [0.05, 0.1) is 4.90 Å². The molecule has 0 aliphatic rings. The van der Waals surface area contributed by atoms with Crippen LogP contribution in [0.25, 0.3) is 22.6 Å². The Labute approximate surface area is 150 Å². The fourth-order valence-electron chi connectivity index (χ4n) is 2.41. The smallest absolute Gasteiger partial charge is 0.315 e. The van der Waals surface area contributed by atoms with E-state index in [1.54, 1.807) is 12.1 Å². The Kier molecular flexibility index (Phi) is 4.62. The van der Waals surface area contributed by atoms with Gasteiger partial charge in [-0.15, -0.1) is 0 Å². The Balaban J connectivity index is 2.14. The predicted octanol–water partition coefficient (Wildman–Crippen LogP) is 2.84. The van der Waals surface area contributed by atoms with Crippen LogP contribution in [0.15, 0.2) is 63.9 Å². The zero-order chi connectivity index (χ0) is 18.9. The van der Waals surface area contributed by atoms with Crippen LogP contribution in [0.4, 0.5) is 0 Å². The number of benzene rings is 2. The zero-order valence-corrected chi connectivity index (χ0v) is 14.6. The number of hydrogen-bond acceptors (Lipinski definition) is 5. The summed E-state index contributed by atoms with van der Waals surface area (Å²) in [6.45, 7) is 1.48. The van der Waals surface area contributed by atoms with Gasteiger partial charge in [0.25, 0.3) is 0 Å². The summed E-state index contributed by atoms with van der Waals surface area (Å²) < 4.78 is 28.6. The molecule has 0 aliphatic carbocycles. The zero-order valence-electron chi connectivity index (χ0n) is 13.8. The third kappa shape index (κ3) is 3.51. The van der Waals surface area contributed by atoms with E-state index in [9.17, 15) is 18.3 Å². The molecule has 3 aromatic rings. The molecule has 0 radical (unpaired) electrons. The van der Waals surface area contributed by atoms with E-state index in [1.165, 1.54) is 19.1 Å². The highest BCUT2D eigenvalue weighted by Gasteiger charge is 2.24. The molecule has 0 saturated carbocycles. The Morgan fingerprint density at radius 3 is 2.23 bits per heavy atom. The number of carboxylic acid groups (broad SMARTS) is 1. The molecule has 26 heavy (non-hydrogen) atoms. The lowest BCUT2D eigenvalue weighted by Gasteiger charge is -2.03. The summed E-state index contributed by atoms with van der Waals surface area (Å²) >= 11 is 0. The molecule has 1 unspecified atom stereocenters. The average molecular weight is 372 g/mol. The molecule has 134 valence electrons. The van der Waals surface area contributed by atoms with Crippen LogP contribution < -0.4 is 5.14 Å². The molecular weight excluding hydrogens is 356 g/mol. The molecule has 7 nitrogen and oxygen atoms in total. The van der Waals surface area contributed by atoms with E-state index in [4.69, 9.17) is 9.56 Å². The van der Waals surface area contributed by atoms with Gasteiger partial charge in [-0.1, -0.05) is 30.3 Å². The van der Waals surface area contributed by atoms with E-state index < -0.39 is 21.9 Å². The Hall–Kier alpha value is -2.97. The lowest BCUT2D eigenvalue weighted by molar-refractivity contribution is -0.138. The number of primary sulfonamides is 1. The monoisotopic (exact) mass is 372 g/mol. The number of aliphatic carboxylic acids is 1. The summed E-state index contributed by atoms with van der Waals surface area (Å²) in [6, 6.07) is 15.0. The molecule has 0 fully saturated rings. The minimum Gasteiger partial charge on any atom is -0.481 e. The van der Waals surface area contributed by atoms with Gasteiger partial charge in [0.1, 0.15) is 11.6 Å². The van der Waals surface area contributed by atoms with Gasteiger partial charge in [0.2, 0.25) is 15.9 Å². The highest BCUT2D eigenvalue weighted by atomic mass is 32.2. The van der Waals surface area contributed by atoms with Gasteiger partial charge in [-0.3, -0.25) is 4.79 Å². The minimum atomic E-state index is -3.81. The molecular formula is C18H16N2O5S. The second-order valence-electron chi connectivity index (χ2n) is 5.73. The first-order chi connectivity index (χ1) is 12.3. The first-order valence-corrected chi connectivity index (χ1v) is 9.24. The Bertz CT molecular complexity index is 1040. The van der Waals surface area contributed by atoms with Gasteiger partial charge in [-0.2, -0.15) is 0 Å². The standard InChI is InChI=1S/C18H16N2O5S/c1-11(18(21)22)17-20-15(12-5-3-2-4-6-12)16(25-17)13-7-9-14(10-8-13)26(19,23)24/h2-11H,1H3,(H,21,22)(H2,19,23,24). The molecule has 0 saturated heterocycles. The quantitative estimate of drug-likeness (QED) is 0.710. The maximum atomic E-state index is 11.4. The number of carboxylic acids is 1. The van der Waals surface area contributed by atoms with Gasteiger partial charge in [-0.25, -0.2) is 18.5 Å². The summed E-state index contributed by atoms with van der Waals surface area (Å²) in [5.74, 6) is -1.54. The molecule has 1 heterocycles. The first-order valence-electron chi connectivity index (χ1n) is 7.69. The van der Waals surface area contributed by atoms with Crippen molar-refractivity contribution in [2.45, 2.75) is 17.7 Å². The number of hydrogen-bond donors (Lipinski definition) is 2. The van der Waals surface area contributed by atoms with Crippen molar-refractivity contribution in [3.8, 4) is 22.6 Å². The SMILES string of the molecule is CC(C(=O)O)c1nc(-c2ccccc2)c(-c2ccc(S(N)(=O)=O)cc2)o1. The van der Waals surface area contributed by atoms with Crippen LogP contribution in [0.1, 0.15) is 18.7 Å². The largest absolute Gasteiger partial charge is 0.481 e. The summed E-state index contributed by atoms with van der Waals surface area (Å²) in [5.41, 5.74) is 1.80.